The van der Waals surface area contributed by atoms with Crippen molar-refractivity contribution < 1.29 is 5.11 Å². The van der Waals surface area contributed by atoms with Gasteiger partial charge in [-0.1, -0.05) is 42.9 Å². The number of rotatable bonds is 0. The summed E-state index contributed by atoms with van der Waals surface area (Å²) in [6, 6.07) is 9.78. The largest absolute Gasteiger partial charge is 0.378 e. The van der Waals surface area contributed by atoms with E-state index >= 15 is 0 Å². The highest BCUT2D eigenvalue weighted by Gasteiger charge is 2.25. The molecule has 0 bridgehead atoms. The lowest BCUT2D eigenvalue weighted by atomic mass is 9.95. The maximum atomic E-state index is 10.3. The van der Waals surface area contributed by atoms with E-state index in [0.717, 1.165) is 31.2 Å². The molecule has 1 aromatic rings. The van der Waals surface area contributed by atoms with E-state index in [0.29, 0.717) is 0 Å². The van der Waals surface area contributed by atoms with Gasteiger partial charge in [-0.05, 0) is 49.7 Å². The molecule has 92 valence electrons. The summed E-state index contributed by atoms with van der Waals surface area (Å²) in [6.07, 6.45) is 6.12. The Hall–Kier alpha value is -1.70. The normalized spacial score (nSPS) is 17.6. The van der Waals surface area contributed by atoms with Crippen molar-refractivity contribution in [2.75, 3.05) is 0 Å². The lowest BCUT2D eigenvalue weighted by molar-refractivity contribution is 0.0849. The fourth-order valence-electron chi connectivity index (χ4n) is 2.21. The number of hydrogen-bond donors (Lipinski definition) is 1. The fraction of sp³-hybridized carbons (Fsp3) is 0.412. The summed E-state index contributed by atoms with van der Waals surface area (Å²) < 4.78 is 0. The van der Waals surface area contributed by atoms with Gasteiger partial charge in [0.1, 0.15) is 5.60 Å². The van der Waals surface area contributed by atoms with E-state index in [2.05, 4.69) is 23.7 Å². The van der Waals surface area contributed by atoms with Crippen molar-refractivity contribution in [3.8, 4) is 23.7 Å². The Kier molecular flexibility index (Phi) is 4.46. The smallest absolute Gasteiger partial charge is 0.126 e. The zero-order valence-electron chi connectivity index (χ0n) is 10.6. The van der Waals surface area contributed by atoms with Crippen LogP contribution < -0.4 is 0 Å². The van der Waals surface area contributed by atoms with Gasteiger partial charge in [-0.2, -0.15) is 0 Å². The van der Waals surface area contributed by atoms with Crippen molar-refractivity contribution >= 4 is 0 Å². The first-order valence-corrected chi connectivity index (χ1v) is 6.59. The molecule has 0 aromatic heterocycles. The van der Waals surface area contributed by atoms with Gasteiger partial charge in [0.05, 0.1) is 0 Å². The van der Waals surface area contributed by atoms with Crippen molar-refractivity contribution in [2.45, 2.75) is 44.1 Å². The van der Waals surface area contributed by atoms with Crippen LogP contribution in [-0.2, 0) is 0 Å². The molecule has 1 aliphatic carbocycles. The van der Waals surface area contributed by atoms with Gasteiger partial charge in [0.2, 0.25) is 0 Å². The quantitative estimate of drug-likeness (QED) is 0.544. The predicted octanol–water partition coefficient (Wildman–Crippen LogP) is 3.13. The average Bonchev–Trinajstić information content (AvgIpc) is 2.61. The molecule has 1 aromatic carbocycles. The Morgan fingerprint density at radius 2 is 1.56 bits per heavy atom. The molecule has 1 N–H and O–H groups in total. The van der Waals surface area contributed by atoms with E-state index in [-0.39, 0.29) is 0 Å². The van der Waals surface area contributed by atoms with Crippen LogP contribution in [0.3, 0.4) is 0 Å². The molecule has 1 fully saturated rings. The first-order chi connectivity index (χ1) is 8.79. The Balaban J connectivity index is 2.01. The van der Waals surface area contributed by atoms with Crippen molar-refractivity contribution in [2.24, 2.45) is 0 Å². The van der Waals surface area contributed by atoms with Crippen LogP contribution in [0, 0.1) is 23.7 Å². The van der Waals surface area contributed by atoms with Gasteiger partial charge in [-0.25, -0.2) is 0 Å². The summed E-state index contributed by atoms with van der Waals surface area (Å²) in [5.41, 5.74) is 0.154. The first kappa shape index (κ1) is 12.7. The maximum absolute atomic E-state index is 10.3. The van der Waals surface area contributed by atoms with Gasteiger partial charge in [-0.3, -0.25) is 0 Å². The van der Waals surface area contributed by atoms with Gasteiger partial charge in [0, 0.05) is 5.56 Å². The van der Waals surface area contributed by atoms with Gasteiger partial charge in [0.25, 0.3) is 0 Å². The molecule has 1 aliphatic rings. The van der Waals surface area contributed by atoms with Crippen LogP contribution in [-0.4, -0.2) is 10.7 Å². The first-order valence-electron chi connectivity index (χ1n) is 6.59. The lowest BCUT2D eigenvalue weighted by Gasteiger charge is -2.18. The summed E-state index contributed by atoms with van der Waals surface area (Å²) in [5.74, 6) is 11.6. The Labute approximate surface area is 109 Å². The van der Waals surface area contributed by atoms with Gasteiger partial charge in [-0.15, -0.1) is 0 Å². The SMILES string of the molecule is OC1(C#CC#Cc2ccccc2)CCCCCC1. The Bertz CT molecular complexity index is 485. The van der Waals surface area contributed by atoms with Gasteiger partial charge in [0.15, 0.2) is 0 Å². The van der Waals surface area contributed by atoms with Crippen LogP contribution >= 0.6 is 0 Å². The monoisotopic (exact) mass is 238 g/mol. The molecule has 1 saturated carbocycles. The molecule has 2 rings (SSSR count). The maximum Gasteiger partial charge on any atom is 0.126 e. The molecule has 0 saturated heterocycles. The van der Waals surface area contributed by atoms with Crippen molar-refractivity contribution in [1.82, 2.24) is 0 Å². The third-order valence-electron chi connectivity index (χ3n) is 3.27. The zero-order chi connectivity index (χ0) is 12.7. The third-order valence-corrected chi connectivity index (χ3v) is 3.27. The standard InChI is InChI=1S/C17H18O/c18-17(13-7-1-2-8-14-17)15-9-6-12-16-10-4-3-5-11-16/h3-5,10-11,18H,1-2,7-8,13-14H2. The van der Waals surface area contributed by atoms with Crippen LogP contribution in [0.4, 0.5) is 0 Å². The van der Waals surface area contributed by atoms with Crippen molar-refractivity contribution in [3.05, 3.63) is 35.9 Å². The number of aliphatic hydroxyl groups is 1. The van der Waals surface area contributed by atoms with Crippen LogP contribution in [0.15, 0.2) is 30.3 Å². The van der Waals surface area contributed by atoms with E-state index in [4.69, 9.17) is 0 Å². The molecule has 18 heavy (non-hydrogen) atoms. The highest BCUT2D eigenvalue weighted by molar-refractivity contribution is 5.40. The van der Waals surface area contributed by atoms with Crippen molar-refractivity contribution in [1.29, 1.82) is 0 Å². The molecule has 0 spiro atoms. The van der Waals surface area contributed by atoms with E-state index in [1.165, 1.54) is 12.8 Å². The zero-order valence-corrected chi connectivity index (χ0v) is 10.6. The van der Waals surface area contributed by atoms with Crippen LogP contribution in [0.25, 0.3) is 0 Å². The molecule has 0 heterocycles. The number of hydrogen-bond acceptors (Lipinski definition) is 1. The fourth-order valence-corrected chi connectivity index (χ4v) is 2.21. The van der Waals surface area contributed by atoms with Crippen LogP contribution in [0.2, 0.25) is 0 Å². The molecule has 0 radical (unpaired) electrons. The second kappa shape index (κ2) is 6.29. The Morgan fingerprint density at radius 1 is 0.889 bits per heavy atom. The molecule has 1 heteroatoms. The molecule has 0 atom stereocenters. The minimum absolute atomic E-state index is 0.785. The Morgan fingerprint density at radius 3 is 2.22 bits per heavy atom. The number of benzene rings is 1. The molecular weight excluding hydrogens is 220 g/mol. The topological polar surface area (TPSA) is 20.2 Å². The third kappa shape index (κ3) is 3.95. The molecule has 0 amide bonds. The highest BCUT2D eigenvalue weighted by Crippen LogP contribution is 2.26. The van der Waals surface area contributed by atoms with E-state index in [1.807, 2.05) is 30.3 Å². The summed E-state index contributed by atoms with van der Waals surface area (Å²) in [5, 5.41) is 10.3. The second-order valence-corrected chi connectivity index (χ2v) is 4.81. The average molecular weight is 238 g/mol. The summed E-state index contributed by atoms with van der Waals surface area (Å²) in [4.78, 5) is 0. The van der Waals surface area contributed by atoms with Crippen LogP contribution in [0.1, 0.15) is 44.1 Å². The van der Waals surface area contributed by atoms with Crippen LogP contribution in [0.5, 0.6) is 0 Å². The molecule has 0 unspecified atom stereocenters. The van der Waals surface area contributed by atoms with E-state index < -0.39 is 5.60 Å². The minimum Gasteiger partial charge on any atom is -0.378 e. The van der Waals surface area contributed by atoms with E-state index in [9.17, 15) is 5.11 Å². The van der Waals surface area contributed by atoms with Gasteiger partial charge >= 0.3 is 0 Å². The summed E-state index contributed by atoms with van der Waals surface area (Å²) in [6.45, 7) is 0. The van der Waals surface area contributed by atoms with Crippen molar-refractivity contribution in [3.63, 3.8) is 0 Å². The molecular formula is C17H18O. The highest BCUT2D eigenvalue weighted by atomic mass is 16.3. The molecule has 0 aliphatic heterocycles. The summed E-state index contributed by atoms with van der Waals surface area (Å²) >= 11 is 0. The van der Waals surface area contributed by atoms with E-state index in [1.54, 1.807) is 0 Å². The lowest BCUT2D eigenvalue weighted by Crippen LogP contribution is -2.25. The summed E-state index contributed by atoms with van der Waals surface area (Å²) in [7, 11) is 0. The molecule has 1 nitrogen and oxygen atoms in total. The van der Waals surface area contributed by atoms with Gasteiger partial charge < -0.3 is 5.11 Å². The minimum atomic E-state index is -0.804. The predicted molar refractivity (Wildman–Crippen MR) is 73.7 cm³/mol. The second-order valence-electron chi connectivity index (χ2n) is 4.81.